The number of nitrogens with one attached hydrogen (secondary N) is 1. The van der Waals surface area contributed by atoms with Crippen LogP contribution in [0.15, 0.2) is 28.6 Å². The molecule has 21 heavy (non-hydrogen) atoms. The van der Waals surface area contributed by atoms with E-state index in [1.165, 1.54) is 34.4 Å². The van der Waals surface area contributed by atoms with Crippen LogP contribution in [0.3, 0.4) is 0 Å². The van der Waals surface area contributed by atoms with Gasteiger partial charge < -0.3 is 11.1 Å². The first-order valence-corrected chi connectivity index (χ1v) is 8.55. The molecule has 0 aliphatic heterocycles. The Morgan fingerprint density at radius 3 is 2.86 bits per heavy atom. The quantitative estimate of drug-likeness (QED) is 0.711. The highest BCUT2D eigenvalue weighted by molar-refractivity contribution is 8.02. The SMILES string of the molecule is C[C@@H](Sc1nnc(N)s1)C(=O)Nc1nc2ccccc2s1. The van der Waals surface area contributed by atoms with Crippen molar-refractivity contribution >= 4 is 60.8 Å². The number of nitrogens with zero attached hydrogens (tertiary/aromatic N) is 3. The summed E-state index contributed by atoms with van der Waals surface area (Å²) in [7, 11) is 0. The molecule has 0 aliphatic carbocycles. The third-order valence-corrected chi connectivity index (χ3v) is 5.48. The second-order valence-electron chi connectivity index (χ2n) is 4.14. The van der Waals surface area contributed by atoms with E-state index in [0.29, 0.717) is 14.6 Å². The minimum atomic E-state index is -0.302. The molecule has 0 saturated heterocycles. The Labute approximate surface area is 132 Å². The van der Waals surface area contributed by atoms with Gasteiger partial charge in [0.15, 0.2) is 9.47 Å². The van der Waals surface area contributed by atoms with E-state index >= 15 is 0 Å². The molecule has 9 heteroatoms. The Hall–Kier alpha value is -1.71. The van der Waals surface area contributed by atoms with Crippen LogP contribution in [0.1, 0.15) is 6.92 Å². The third kappa shape index (κ3) is 3.31. The van der Waals surface area contributed by atoms with Gasteiger partial charge in [-0.3, -0.25) is 4.79 Å². The van der Waals surface area contributed by atoms with Crippen molar-refractivity contribution in [3.05, 3.63) is 24.3 Å². The zero-order valence-corrected chi connectivity index (χ0v) is 13.4. The molecule has 3 aromatic rings. The Bertz CT molecular complexity index is 751. The minimum absolute atomic E-state index is 0.118. The van der Waals surface area contributed by atoms with Gasteiger partial charge in [0.05, 0.1) is 15.5 Å². The van der Waals surface area contributed by atoms with E-state index in [1.807, 2.05) is 31.2 Å². The van der Waals surface area contributed by atoms with Crippen molar-refractivity contribution in [1.29, 1.82) is 0 Å². The van der Waals surface area contributed by atoms with Crippen LogP contribution in [-0.2, 0) is 4.79 Å². The van der Waals surface area contributed by atoms with Crippen molar-refractivity contribution in [3.63, 3.8) is 0 Å². The fraction of sp³-hybridized carbons (Fsp3) is 0.167. The summed E-state index contributed by atoms with van der Waals surface area (Å²) in [6.45, 7) is 1.81. The van der Waals surface area contributed by atoms with Crippen LogP contribution in [0.4, 0.5) is 10.3 Å². The first kappa shape index (κ1) is 14.2. The Kier molecular flexibility index (Phi) is 4.04. The fourth-order valence-corrected chi connectivity index (χ4v) is 4.25. The van der Waals surface area contributed by atoms with Crippen LogP contribution >= 0.6 is 34.4 Å². The minimum Gasteiger partial charge on any atom is -0.374 e. The monoisotopic (exact) mass is 337 g/mol. The van der Waals surface area contributed by atoms with Crippen molar-refractivity contribution in [2.45, 2.75) is 16.5 Å². The maximum absolute atomic E-state index is 12.2. The van der Waals surface area contributed by atoms with E-state index in [0.717, 1.165) is 10.2 Å². The van der Waals surface area contributed by atoms with Gasteiger partial charge in [-0.15, -0.1) is 10.2 Å². The van der Waals surface area contributed by atoms with Crippen molar-refractivity contribution < 1.29 is 4.79 Å². The Morgan fingerprint density at radius 1 is 1.33 bits per heavy atom. The number of nitrogens with two attached hydrogens (primary N) is 1. The van der Waals surface area contributed by atoms with E-state index in [-0.39, 0.29) is 11.2 Å². The Balaban J connectivity index is 1.67. The summed E-state index contributed by atoms with van der Waals surface area (Å²) in [5.41, 5.74) is 6.40. The van der Waals surface area contributed by atoms with E-state index in [1.54, 1.807) is 0 Å². The van der Waals surface area contributed by atoms with E-state index < -0.39 is 0 Å². The van der Waals surface area contributed by atoms with E-state index in [9.17, 15) is 4.79 Å². The molecule has 3 N–H and O–H groups in total. The molecule has 6 nitrogen and oxygen atoms in total. The first-order valence-electron chi connectivity index (χ1n) is 6.04. The van der Waals surface area contributed by atoms with Crippen LogP contribution in [0.25, 0.3) is 10.2 Å². The number of benzene rings is 1. The third-order valence-electron chi connectivity index (χ3n) is 2.59. The summed E-state index contributed by atoms with van der Waals surface area (Å²) in [6.07, 6.45) is 0. The molecular formula is C12H11N5OS3. The molecule has 0 aliphatic rings. The number of hydrogen-bond donors (Lipinski definition) is 2. The van der Waals surface area contributed by atoms with E-state index in [2.05, 4.69) is 20.5 Å². The molecular weight excluding hydrogens is 326 g/mol. The van der Waals surface area contributed by atoms with Crippen molar-refractivity contribution in [1.82, 2.24) is 15.2 Å². The molecule has 0 bridgehead atoms. The summed E-state index contributed by atoms with van der Waals surface area (Å²) in [4.78, 5) is 16.5. The zero-order valence-electron chi connectivity index (χ0n) is 10.9. The highest BCUT2D eigenvalue weighted by atomic mass is 32.2. The molecule has 3 rings (SSSR count). The highest BCUT2D eigenvalue weighted by Crippen LogP contribution is 2.29. The number of thiazole rings is 1. The summed E-state index contributed by atoms with van der Waals surface area (Å²) in [5.74, 6) is -0.118. The largest absolute Gasteiger partial charge is 0.374 e. The normalized spacial score (nSPS) is 12.4. The number of nitrogen functional groups attached to an aromatic ring is 1. The smallest absolute Gasteiger partial charge is 0.239 e. The van der Waals surface area contributed by atoms with Crippen molar-refractivity contribution in [2.75, 3.05) is 11.1 Å². The van der Waals surface area contributed by atoms with Gasteiger partial charge in [0, 0.05) is 0 Å². The van der Waals surface area contributed by atoms with Crippen LogP contribution in [0.5, 0.6) is 0 Å². The molecule has 1 aromatic carbocycles. The lowest BCUT2D eigenvalue weighted by molar-refractivity contribution is -0.115. The van der Waals surface area contributed by atoms with Crippen LogP contribution in [0, 0.1) is 0 Å². The molecule has 0 unspecified atom stereocenters. The predicted octanol–water partition coefficient (Wildman–Crippen LogP) is 2.85. The van der Waals surface area contributed by atoms with Gasteiger partial charge in [-0.1, -0.05) is 46.6 Å². The second-order valence-corrected chi connectivity index (χ2v) is 7.77. The van der Waals surface area contributed by atoms with Gasteiger partial charge in [-0.25, -0.2) is 4.98 Å². The topological polar surface area (TPSA) is 93.8 Å². The molecule has 1 amide bonds. The maximum Gasteiger partial charge on any atom is 0.239 e. The number of thioether (sulfide) groups is 1. The van der Waals surface area contributed by atoms with E-state index in [4.69, 9.17) is 5.73 Å². The summed E-state index contributed by atoms with van der Waals surface area (Å²) in [5, 5.41) is 11.1. The number of anilines is 2. The number of aromatic nitrogens is 3. The molecule has 2 aromatic heterocycles. The molecule has 2 heterocycles. The van der Waals surface area contributed by atoms with Crippen LogP contribution in [0.2, 0.25) is 0 Å². The van der Waals surface area contributed by atoms with Crippen molar-refractivity contribution in [2.24, 2.45) is 0 Å². The summed E-state index contributed by atoms with van der Waals surface area (Å²) in [6, 6.07) is 7.77. The molecule has 108 valence electrons. The zero-order chi connectivity index (χ0) is 14.8. The molecule has 0 fully saturated rings. The lowest BCUT2D eigenvalue weighted by atomic mass is 10.3. The van der Waals surface area contributed by atoms with Gasteiger partial charge in [-0.05, 0) is 19.1 Å². The van der Waals surface area contributed by atoms with Crippen LogP contribution < -0.4 is 11.1 Å². The number of carbonyl (C=O) groups is 1. The van der Waals surface area contributed by atoms with Crippen molar-refractivity contribution in [3.8, 4) is 0 Å². The summed E-state index contributed by atoms with van der Waals surface area (Å²) < 4.78 is 1.73. The number of fused-ring (bicyclic) bond motifs is 1. The van der Waals surface area contributed by atoms with Gasteiger partial charge >= 0.3 is 0 Å². The lowest BCUT2D eigenvalue weighted by Crippen LogP contribution is -2.22. The van der Waals surface area contributed by atoms with Crippen LogP contribution in [-0.4, -0.2) is 26.3 Å². The second kappa shape index (κ2) is 5.96. The van der Waals surface area contributed by atoms with Gasteiger partial charge in [0.2, 0.25) is 11.0 Å². The Morgan fingerprint density at radius 2 is 2.14 bits per heavy atom. The standard InChI is InChI=1S/C12H11N5OS3/c1-6(19-12-17-16-10(13)21-12)9(18)15-11-14-7-4-2-3-5-8(7)20-11/h2-6H,1H3,(H2,13,16)(H,14,15,18)/t6-/m1/s1. The number of rotatable bonds is 4. The maximum atomic E-state index is 12.2. The predicted molar refractivity (Wildman–Crippen MR) is 87.9 cm³/mol. The molecule has 0 spiro atoms. The average Bonchev–Trinajstić information content (AvgIpc) is 3.04. The first-order chi connectivity index (χ1) is 10.1. The number of hydrogen-bond acceptors (Lipinski definition) is 8. The van der Waals surface area contributed by atoms with Gasteiger partial charge in [0.1, 0.15) is 0 Å². The van der Waals surface area contributed by atoms with Gasteiger partial charge in [0.25, 0.3) is 0 Å². The number of amides is 1. The fourth-order valence-electron chi connectivity index (χ4n) is 1.61. The number of para-hydroxylation sites is 1. The summed E-state index contributed by atoms with van der Waals surface area (Å²) >= 11 is 4.05. The highest BCUT2D eigenvalue weighted by Gasteiger charge is 2.18. The molecule has 1 atom stereocenters. The van der Waals surface area contributed by atoms with Gasteiger partial charge in [-0.2, -0.15) is 0 Å². The average molecular weight is 337 g/mol. The molecule has 0 saturated carbocycles. The molecule has 0 radical (unpaired) electrons. The number of carbonyl (C=O) groups excluding carboxylic acids is 1. The lowest BCUT2D eigenvalue weighted by Gasteiger charge is -2.07.